The van der Waals surface area contributed by atoms with Gasteiger partial charge >= 0.3 is 6.03 Å². The van der Waals surface area contributed by atoms with Crippen LogP contribution in [0.3, 0.4) is 0 Å². The van der Waals surface area contributed by atoms with E-state index >= 15 is 0 Å². The van der Waals surface area contributed by atoms with Gasteiger partial charge in [0.05, 0.1) is 12.6 Å². The molecule has 6 nitrogen and oxygen atoms in total. The van der Waals surface area contributed by atoms with Crippen molar-refractivity contribution in [3.63, 3.8) is 0 Å². The van der Waals surface area contributed by atoms with Crippen molar-refractivity contribution in [3.05, 3.63) is 57.8 Å². The zero-order valence-electron chi connectivity index (χ0n) is 16.6. The molecule has 0 bridgehead atoms. The SMILES string of the molecule is COCCN(CC(=O)N1CCc2sccc2[C@H]1c1ccccc1)C(=O)N(C)C. The second kappa shape index (κ2) is 9.21. The number of thiophene rings is 1. The maximum absolute atomic E-state index is 13.3. The molecular formula is C21H27N3O3S. The molecule has 1 aliphatic heterocycles. The van der Waals surface area contributed by atoms with Crippen molar-refractivity contribution < 1.29 is 14.3 Å². The fraction of sp³-hybridized carbons (Fsp3) is 0.429. The van der Waals surface area contributed by atoms with Gasteiger partial charge in [-0.1, -0.05) is 30.3 Å². The van der Waals surface area contributed by atoms with Crippen LogP contribution in [0.15, 0.2) is 41.8 Å². The lowest BCUT2D eigenvalue weighted by Crippen LogP contribution is -2.49. The number of hydrogen-bond donors (Lipinski definition) is 0. The van der Waals surface area contributed by atoms with E-state index in [1.807, 2.05) is 23.1 Å². The first-order chi connectivity index (χ1) is 13.5. The van der Waals surface area contributed by atoms with Crippen LogP contribution in [0, 0.1) is 0 Å². The molecule has 0 spiro atoms. The Hall–Kier alpha value is -2.38. The minimum absolute atomic E-state index is 0.0444. The number of urea groups is 1. The summed E-state index contributed by atoms with van der Waals surface area (Å²) in [7, 11) is 4.98. The normalized spacial score (nSPS) is 15.8. The monoisotopic (exact) mass is 401 g/mol. The number of carbonyl (C=O) groups excluding carboxylic acids is 2. The Morgan fingerprint density at radius 2 is 1.96 bits per heavy atom. The quantitative estimate of drug-likeness (QED) is 0.748. The Balaban J connectivity index is 1.85. The number of ether oxygens (including phenoxy) is 1. The third-order valence-electron chi connectivity index (χ3n) is 4.95. The third kappa shape index (κ3) is 4.36. The fourth-order valence-corrected chi connectivity index (χ4v) is 4.46. The molecule has 0 radical (unpaired) electrons. The highest BCUT2D eigenvalue weighted by Gasteiger charge is 2.34. The number of fused-ring (bicyclic) bond motifs is 1. The molecule has 7 heteroatoms. The summed E-state index contributed by atoms with van der Waals surface area (Å²) in [5.41, 5.74) is 2.29. The van der Waals surface area contributed by atoms with Crippen LogP contribution in [-0.4, -0.2) is 74.1 Å². The predicted molar refractivity (Wildman–Crippen MR) is 111 cm³/mol. The highest BCUT2D eigenvalue weighted by Crippen LogP contribution is 2.37. The Labute approximate surface area is 170 Å². The number of carbonyl (C=O) groups is 2. The van der Waals surface area contributed by atoms with Crippen molar-refractivity contribution >= 4 is 23.3 Å². The molecule has 28 heavy (non-hydrogen) atoms. The van der Waals surface area contributed by atoms with Gasteiger partial charge in [0.1, 0.15) is 6.54 Å². The molecule has 3 rings (SSSR count). The summed E-state index contributed by atoms with van der Waals surface area (Å²) in [5.74, 6) is -0.0444. The van der Waals surface area contributed by atoms with Crippen molar-refractivity contribution in [2.75, 3.05) is 47.4 Å². The summed E-state index contributed by atoms with van der Waals surface area (Å²) >= 11 is 1.75. The van der Waals surface area contributed by atoms with Crippen molar-refractivity contribution in [1.82, 2.24) is 14.7 Å². The van der Waals surface area contributed by atoms with Gasteiger partial charge in [-0.25, -0.2) is 4.79 Å². The van der Waals surface area contributed by atoms with Crippen LogP contribution in [0.5, 0.6) is 0 Å². The molecule has 0 fully saturated rings. The number of amides is 3. The summed E-state index contributed by atoms with van der Waals surface area (Å²) in [6, 6.07) is 11.9. The Kier molecular flexibility index (Phi) is 6.70. The first-order valence-corrected chi connectivity index (χ1v) is 10.3. The van der Waals surface area contributed by atoms with Gasteiger partial charge in [-0.2, -0.15) is 0 Å². The van der Waals surface area contributed by atoms with E-state index in [0.29, 0.717) is 19.7 Å². The van der Waals surface area contributed by atoms with E-state index in [9.17, 15) is 9.59 Å². The van der Waals surface area contributed by atoms with E-state index in [1.54, 1.807) is 37.4 Å². The van der Waals surface area contributed by atoms with Gasteiger partial charge in [-0.15, -0.1) is 11.3 Å². The average Bonchev–Trinajstić information content (AvgIpc) is 3.19. The van der Waals surface area contributed by atoms with E-state index in [-0.39, 0.29) is 24.5 Å². The van der Waals surface area contributed by atoms with E-state index < -0.39 is 0 Å². The Morgan fingerprint density at radius 3 is 2.64 bits per heavy atom. The second-order valence-corrected chi connectivity index (χ2v) is 8.04. The zero-order valence-corrected chi connectivity index (χ0v) is 17.4. The van der Waals surface area contributed by atoms with Gasteiger partial charge in [0.25, 0.3) is 0 Å². The Morgan fingerprint density at radius 1 is 1.21 bits per heavy atom. The third-order valence-corrected chi connectivity index (χ3v) is 5.94. The molecule has 1 atom stereocenters. The molecular weight excluding hydrogens is 374 g/mol. The van der Waals surface area contributed by atoms with Gasteiger partial charge in [-0.3, -0.25) is 4.79 Å². The van der Waals surface area contributed by atoms with Crippen molar-refractivity contribution in [2.45, 2.75) is 12.5 Å². The molecule has 150 valence electrons. The molecule has 3 amide bonds. The fourth-order valence-electron chi connectivity index (χ4n) is 3.56. The van der Waals surface area contributed by atoms with Crippen molar-refractivity contribution in [1.29, 1.82) is 0 Å². The minimum Gasteiger partial charge on any atom is -0.383 e. The predicted octanol–water partition coefficient (Wildman–Crippen LogP) is 2.85. The number of methoxy groups -OCH3 is 1. The minimum atomic E-state index is -0.185. The van der Waals surface area contributed by atoms with Crippen LogP contribution in [0.2, 0.25) is 0 Å². The lowest BCUT2D eigenvalue weighted by Gasteiger charge is -2.38. The van der Waals surface area contributed by atoms with E-state index in [4.69, 9.17) is 4.74 Å². The van der Waals surface area contributed by atoms with Gasteiger partial charge < -0.3 is 19.4 Å². The standard InChI is InChI=1S/C21H27N3O3S/c1-22(2)21(26)23(12-13-27-3)15-19(25)24-11-9-18-17(10-14-28-18)20(24)16-7-5-4-6-8-16/h4-8,10,14,20H,9,11-13,15H2,1-3H3/t20-/m1/s1. The van der Waals surface area contributed by atoms with E-state index in [1.165, 1.54) is 15.3 Å². The largest absolute Gasteiger partial charge is 0.383 e. The summed E-state index contributed by atoms with van der Waals surface area (Å²) in [6.07, 6.45) is 0.849. The maximum atomic E-state index is 13.3. The van der Waals surface area contributed by atoms with E-state index in [2.05, 4.69) is 23.6 Å². The van der Waals surface area contributed by atoms with Crippen LogP contribution in [0.4, 0.5) is 4.79 Å². The van der Waals surface area contributed by atoms with Crippen molar-refractivity contribution in [3.8, 4) is 0 Å². The highest BCUT2D eigenvalue weighted by atomic mass is 32.1. The first-order valence-electron chi connectivity index (χ1n) is 9.38. The molecule has 2 aromatic rings. The number of rotatable bonds is 6. The van der Waals surface area contributed by atoms with Crippen LogP contribution in [-0.2, 0) is 16.0 Å². The van der Waals surface area contributed by atoms with Crippen molar-refractivity contribution in [2.24, 2.45) is 0 Å². The van der Waals surface area contributed by atoms with Gasteiger partial charge in [0, 0.05) is 39.2 Å². The molecule has 0 aliphatic carbocycles. The van der Waals surface area contributed by atoms with Gasteiger partial charge in [-0.05, 0) is 29.0 Å². The molecule has 1 aromatic carbocycles. The highest BCUT2D eigenvalue weighted by molar-refractivity contribution is 7.10. The van der Waals surface area contributed by atoms with Crippen LogP contribution < -0.4 is 0 Å². The van der Waals surface area contributed by atoms with Gasteiger partial charge in [0.15, 0.2) is 0 Å². The topological polar surface area (TPSA) is 53.1 Å². The molecule has 0 unspecified atom stereocenters. The summed E-state index contributed by atoms with van der Waals surface area (Å²) in [6.45, 7) is 1.47. The number of nitrogens with zero attached hydrogens (tertiary/aromatic N) is 3. The molecule has 0 N–H and O–H groups in total. The van der Waals surface area contributed by atoms with E-state index in [0.717, 1.165) is 12.0 Å². The molecule has 1 aromatic heterocycles. The molecule has 0 saturated heterocycles. The summed E-state index contributed by atoms with van der Waals surface area (Å²) < 4.78 is 5.12. The molecule has 0 saturated carbocycles. The lowest BCUT2D eigenvalue weighted by molar-refractivity contribution is -0.134. The number of hydrogen-bond acceptors (Lipinski definition) is 4. The Bertz CT molecular complexity index is 806. The number of benzene rings is 1. The molecule has 2 heterocycles. The van der Waals surface area contributed by atoms with Crippen LogP contribution >= 0.6 is 11.3 Å². The van der Waals surface area contributed by atoms with Crippen LogP contribution in [0.25, 0.3) is 0 Å². The second-order valence-electron chi connectivity index (χ2n) is 7.04. The zero-order chi connectivity index (χ0) is 20.1. The average molecular weight is 402 g/mol. The van der Waals surface area contributed by atoms with Gasteiger partial charge in [0.2, 0.25) is 5.91 Å². The maximum Gasteiger partial charge on any atom is 0.320 e. The first kappa shape index (κ1) is 20.4. The van der Waals surface area contributed by atoms with Crippen LogP contribution in [0.1, 0.15) is 22.0 Å². The lowest BCUT2D eigenvalue weighted by atomic mass is 9.93. The summed E-state index contributed by atoms with van der Waals surface area (Å²) in [5, 5.41) is 2.09. The summed E-state index contributed by atoms with van der Waals surface area (Å²) in [4.78, 5) is 32.1. The molecule has 1 aliphatic rings. The smallest absolute Gasteiger partial charge is 0.320 e.